The number of hydrogen-bond acceptors (Lipinski definition) is 1. The van der Waals surface area contributed by atoms with Crippen molar-refractivity contribution in [3.63, 3.8) is 0 Å². The first kappa shape index (κ1) is 6.81. The Morgan fingerprint density at radius 3 is 2.20 bits per heavy atom. The predicted molar refractivity (Wildman–Crippen MR) is 38.6 cm³/mol. The highest BCUT2D eigenvalue weighted by atomic mass is 16.1. The molecule has 0 saturated heterocycles. The summed E-state index contributed by atoms with van der Waals surface area (Å²) in [7, 11) is 0. The van der Waals surface area contributed by atoms with Gasteiger partial charge in [0.25, 0.3) is 5.91 Å². The minimum atomic E-state index is -0.625. The van der Waals surface area contributed by atoms with E-state index in [1.165, 1.54) is 0 Å². The van der Waals surface area contributed by atoms with Crippen LogP contribution < -0.4 is 5.73 Å². The number of hydrogen-bond donors (Lipinski definition) is 0. The molecular weight excluding hydrogens is 126 g/mol. The molecule has 0 aliphatic heterocycles. The third kappa shape index (κ3) is 1.35. The zero-order chi connectivity index (χ0) is 7.56. The molecule has 0 atom stereocenters. The Hall–Kier alpha value is -1.31. The maximum absolute atomic E-state index is 10.4. The average molecular weight is 134 g/mol. The van der Waals surface area contributed by atoms with Gasteiger partial charge >= 0.3 is 0 Å². The van der Waals surface area contributed by atoms with Gasteiger partial charge in [0.05, 0.1) is 0 Å². The summed E-state index contributed by atoms with van der Waals surface area (Å²) < 4.78 is 0. The first-order valence-electron chi connectivity index (χ1n) is 3.03. The summed E-state index contributed by atoms with van der Waals surface area (Å²) in [4.78, 5) is 10.4. The third-order valence-corrected chi connectivity index (χ3v) is 1.31. The highest BCUT2D eigenvalue weighted by Crippen LogP contribution is 2.01. The molecule has 0 aliphatic rings. The van der Waals surface area contributed by atoms with Crippen LogP contribution in [0.3, 0.4) is 0 Å². The fourth-order valence-corrected chi connectivity index (χ4v) is 0.705. The molecular formula is C8H8NO. The lowest BCUT2D eigenvalue weighted by molar-refractivity contribution is 0.0992. The Morgan fingerprint density at radius 1 is 1.30 bits per heavy atom. The van der Waals surface area contributed by atoms with Gasteiger partial charge in [-0.3, -0.25) is 10.5 Å². The van der Waals surface area contributed by atoms with E-state index in [4.69, 9.17) is 5.73 Å². The van der Waals surface area contributed by atoms with E-state index in [1.807, 2.05) is 19.1 Å². The van der Waals surface area contributed by atoms with Crippen molar-refractivity contribution in [2.45, 2.75) is 6.92 Å². The van der Waals surface area contributed by atoms with Crippen LogP contribution in [-0.4, -0.2) is 5.91 Å². The van der Waals surface area contributed by atoms with Crippen LogP contribution in [0, 0.1) is 6.92 Å². The minimum absolute atomic E-state index is 0.450. The van der Waals surface area contributed by atoms with E-state index in [9.17, 15) is 4.79 Å². The van der Waals surface area contributed by atoms with Crippen LogP contribution in [-0.2, 0) is 0 Å². The summed E-state index contributed by atoms with van der Waals surface area (Å²) >= 11 is 0. The van der Waals surface area contributed by atoms with Crippen LogP contribution in [0.15, 0.2) is 24.3 Å². The SMILES string of the molecule is Cc1ccc(C([NH])=O)cc1. The lowest BCUT2D eigenvalue weighted by Gasteiger charge is -1.93. The molecule has 2 heteroatoms. The summed E-state index contributed by atoms with van der Waals surface area (Å²) in [5.74, 6) is -0.625. The minimum Gasteiger partial charge on any atom is -0.267 e. The number of benzene rings is 1. The van der Waals surface area contributed by atoms with Crippen LogP contribution in [0.5, 0.6) is 0 Å². The molecule has 1 aromatic rings. The molecule has 0 saturated carbocycles. The van der Waals surface area contributed by atoms with Crippen molar-refractivity contribution in [2.24, 2.45) is 0 Å². The van der Waals surface area contributed by atoms with E-state index in [0.29, 0.717) is 5.56 Å². The number of rotatable bonds is 1. The second-order valence-corrected chi connectivity index (χ2v) is 2.20. The van der Waals surface area contributed by atoms with Gasteiger partial charge in [-0.05, 0) is 19.1 Å². The van der Waals surface area contributed by atoms with Crippen molar-refractivity contribution in [3.8, 4) is 0 Å². The summed E-state index contributed by atoms with van der Waals surface area (Å²) in [6.45, 7) is 1.94. The second kappa shape index (κ2) is 2.52. The molecule has 1 N–H and O–H groups in total. The molecule has 0 unspecified atom stereocenters. The highest BCUT2D eigenvalue weighted by Gasteiger charge is 1.97. The standard InChI is InChI=1S/C8H8NO/c1-6-2-4-7(5-3-6)8(9)10/h2-5,9H,1H3. The highest BCUT2D eigenvalue weighted by molar-refractivity contribution is 5.92. The van der Waals surface area contributed by atoms with Crippen molar-refractivity contribution < 1.29 is 4.79 Å². The number of aryl methyl sites for hydroxylation is 1. The molecule has 1 aromatic carbocycles. The van der Waals surface area contributed by atoms with Gasteiger partial charge in [0, 0.05) is 5.56 Å². The first-order valence-corrected chi connectivity index (χ1v) is 3.03. The molecule has 0 aliphatic carbocycles. The van der Waals surface area contributed by atoms with Crippen LogP contribution in [0.2, 0.25) is 0 Å². The quantitative estimate of drug-likeness (QED) is 0.572. The van der Waals surface area contributed by atoms with Crippen molar-refractivity contribution in [1.82, 2.24) is 5.73 Å². The maximum atomic E-state index is 10.4. The van der Waals surface area contributed by atoms with Gasteiger partial charge in [0.15, 0.2) is 0 Å². The van der Waals surface area contributed by atoms with Gasteiger partial charge < -0.3 is 0 Å². The zero-order valence-corrected chi connectivity index (χ0v) is 5.72. The van der Waals surface area contributed by atoms with Crippen molar-refractivity contribution in [1.29, 1.82) is 0 Å². The summed E-state index contributed by atoms with van der Waals surface area (Å²) in [5.41, 5.74) is 8.30. The molecule has 51 valence electrons. The molecule has 0 fully saturated rings. The van der Waals surface area contributed by atoms with Gasteiger partial charge in [0.1, 0.15) is 0 Å². The van der Waals surface area contributed by atoms with E-state index in [1.54, 1.807) is 12.1 Å². The van der Waals surface area contributed by atoms with Gasteiger partial charge in [-0.25, -0.2) is 0 Å². The van der Waals surface area contributed by atoms with Gasteiger partial charge in [-0.15, -0.1) is 0 Å². The van der Waals surface area contributed by atoms with E-state index in [2.05, 4.69) is 0 Å². The second-order valence-electron chi connectivity index (χ2n) is 2.20. The monoisotopic (exact) mass is 134 g/mol. The van der Waals surface area contributed by atoms with E-state index < -0.39 is 5.91 Å². The molecule has 1 rings (SSSR count). The smallest absolute Gasteiger partial charge is 0.267 e. The third-order valence-electron chi connectivity index (χ3n) is 1.31. The maximum Gasteiger partial charge on any atom is 0.269 e. The molecule has 0 aromatic heterocycles. The van der Waals surface area contributed by atoms with Crippen molar-refractivity contribution in [2.75, 3.05) is 0 Å². The number of carbonyl (C=O) groups excluding carboxylic acids is 1. The number of nitrogens with one attached hydrogen (secondary N) is 1. The molecule has 0 heterocycles. The Labute approximate surface area is 59.7 Å². The van der Waals surface area contributed by atoms with E-state index in [0.717, 1.165) is 5.56 Å². The Bertz CT molecular complexity index is 238. The van der Waals surface area contributed by atoms with Crippen LogP contribution in [0.4, 0.5) is 0 Å². The fraction of sp³-hybridized carbons (Fsp3) is 0.125. The topological polar surface area (TPSA) is 40.9 Å². The molecule has 10 heavy (non-hydrogen) atoms. The van der Waals surface area contributed by atoms with Crippen LogP contribution >= 0.6 is 0 Å². The van der Waals surface area contributed by atoms with Crippen molar-refractivity contribution >= 4 is 5.91 Å². The molecule has 1 amide bonds. The van der Waals surface area contributed by atoms with Gasteiger partial charge in [-0.1, -0.05) is 17.7 Å². The number of carbonyl (C=O) groups is 1. The van der Waals surface area contributed by atoms with Crippen LogP contribution in [0.25, 0.3) is 0 Å². The summed E-state index contributed by atoms with van der Waals surface area (Å²) in [6, 6.07) is 6.96. The van der Waals surface area contributed by atoms with Gasteiger partial charge in [0.2, 0.25) is 0 Å². The lowest BCUT2D eigenvalue weighted by atomic mass is 10.1. The molecule has 1 radical (unpaired) electrons. The number of amides is 1. The fourth-order valence-electron chi connectivity index (χ4n) is 0.705. The van der Waals surface area contributed by atoms with E-state index >= 15 is 0 Å². The Balaban J connectivity index is 3.00. The lowest BCUT2D eigenvalue weighted by Crippen LogP contribution is -1.97. The van der Waals surface area contributed by atoms with Crippen molar-refractivity contribution in [3.05, 3.63) is 35.4 Å². The molecule has 2 nitrogen and oxygen atoms in total. The Kier molecular flexibility index (Phi) is 1.71. The van der Waals surface area contributed by atoms with Crippen LogP contribution in [0.1, 0.15) is 15.9 Å². The zero-order valence-electron chi connectivity index (χ0n) is 5.72. The molecule has 0 spiro atoms. The van der Waals surface area contributed by atoms with E-state index in [-0.39, 0.29) is 0 Å². The summed E-state index contributed by atoms with van der Waals surface area (Å²) in [6.07, 6.45) is 0. The predicted octanol–water partition coefficient (Wildman–Crippen LogP) is 1.42. The first-order chi connectivity index (χ1) is 4.70. The summed E-state index contributed by atoms with van der Waals surface area (Å²) in [5, 5.41) is 0. The average Bonchev–Trinajstić information content (AvgIpc) is 1.88. The molecule has 0 bridgehead atoms. The largest absolute Gasteiger partial charge is 0.269 e. The van der Waals surface area contributed by atoms with Gasteiger partial charge in [-0.2, -0.15) is 0 Å². The normalized spacial score (nSPS) is 9.30. The Morgan fingerprint density at radius 2 is 1.80 bits per heavy atom.